The van der Waals surface area contributed by atoms with Crippen molar-refractivity contribution in [2.24, 2.45) is 0 Å². The minimum atomic E-state index is -0.169. The summed E-state index contributed by atoms with van der Waals surface area (Å²) in [6.07, 6.45) is 0.324. The average Bonchev–Trinajstić information content (AvgIpc) is 2.63. The van der Waals surface area contributed by atoms with Gasteiger partial charge in [0, 0.05) is 47.9 Å². The smallest absolute Gasteiger partial charge is 0.224 e. The molecule has 0 bridgehead atoms. The van der Waals surface area contributed by atoms with Gasteiger partial charge in [-0.15, -0.1) is 0 Å². The zero-order valence-electron chi connectivity index (χ0n) is 14.6. The third-order valence-corrected chi connectivity index (χ3v) is 4.28. The molecule has 0 saturated carbocycles. The van der Waals surface area contributed by atoms with Crippen molar-refractivity contribution >= 4 is 34.7 Å². The van der Waals surface area contributed by atoms with Crippen LogP contribution in [0.2, 0.25) is 5.02 Å². The summed E-state index contributed by atoms with van der Waals surface area (Å²) in [4.78, 5) is 26.3. The van der Waals surface area contributed by atoms with Crippen molar-refractivity contribution in [3.8, 4) is 0 Å². The predicted octanol–water partition coefficient (Wildman–Crippen LogP) is 4.79. The van der Waals surface area contributed by atoms with Crippen LogP contribution in [0.5, 0.6) is 0 Å². The van der Waals surface area contributed by atoms with E-state index in [4.69, 9.17) is 11.6 Å². The lowest BCUT2D eigenvalue weighted by atomic mass is 10.1. The number of nitrogens with one attached hydrogen (secondary N) is 1. The quantitative estimate of drug-likeness (QED) is 0.690. The van der Waals surface area contributed by atoms with Crippen LogP contribution in [0.15, 0.2) is 48.5 Å². The Kier molecular flexibility index (Phi) is 7.02. The molecule has 0 atom stereocenters. The molecule has 0 aliphatic heterocycles. The standard InChI is InChI=1S/C20H23ClN2O2/c1-3-23(4-2)18-11-9-17(10-12-18)22-20(25)14-13-19(24)15-5-7-16(21)8-6-15/h5-12H,3-4,13-14H2,1-2H3,(H,22,25). The molecule has 132 valence electrons. The van der Waals surface area contributed by atoms with Crippen LogP contribution in [-0.4, -0.2) is 24.8 Å². The van der Waals surface area contributed by atoms with E-state index >= 15 is 0 Å². The molecule has 5 heteroatoms. The maximum absolute atomic E-state index is 12.1. The molecular formula is C20H23ClN2O2. The second-order valence-corrected chi connectivity index (χ2v) is 6.13. The van der Waals surface area contributed by atoms with Crippen LogP contribution in [0, 0.1) is 0 Å². The Bertz CT molecular complexity index is 707. The Balaban J connectivity index is 1.85. The first-order chi connectivity index (χ1) is 12.0. The topological polar surface area (TPSA) is 49.4 Å². The summed E-state index contributed by atoms with van der Waals surface area (Å²) in [6.45, 7) is 6.10. The first-order valence-electron chi connectivity index (χ1n) is 8.47. The number of carbonyl (C=O) groups excluding carboxylic acids is 2. The number of benzene rings is 2. The monoisotopic (exact) mass is 358 g/mol. The van der Waals surface area contributed by atoms with Crippen LogP contribution in [-0.2, 0) is 4.79 Å². The molecular weight excluding hydrogens is 336 g/mol. The van der Waals surface area contributed by atoms with Gasteiger partial charge in [0.1, 0.15) is 0 Å². The number of nitrogens with zero attached hydrogens (tertiary/aromatic N) is 1. The van der Waals surface area contributed by atoms with E-state index in [9.17, 15) is 9.59 Å². The molecule has 2 rings (SSSR count). The molecule has 25 heavy (non-hydrogen) atoms. The van der Waals surface area contributed by atoms with E-state index in [2.05, 4.69) is 24.1 Å². The molecule has 2 aromatic rings. The zero-order chi connectivity index (χ0) is 18.2. The molecule has 4 nitrogen and oxygen atoms in total. The number of hydrogen-bond acceptors (Lipinski definition) is 3. The third-order valence-electron chi connectivity index (χ3n) is 4.02. The number of ketones is 1. The molecule has 0 aromatic heterocycles. The summed E-state index contributed by atoms with van der Waals surface area (Å²) >= 11 is 5.80. The molecule has 0 spiro atoms. The molecule has 1 N–H and O–H groups in total. The van der Waals surface area contributed by atoms with Gasteiger partial charge in [0.25, 0.3) is 0 Å². The molecule has 1 amide bonds. The molecule has 0 radical (unpaired) electrons. The van der Waals surface area contributed by atoms with Crippen molar-refractivity contribution in [3.05, 3.63) is 59.1 Å². The van der Waals surface area contributed by atoms with Gasteiger partial charge in [0.05, 0.1) is 0 Å². The number of rotatable bonds is 8. The molecule has 0 aliphatic carbocycles. The Labute approximate surface area is 153 Å². The van der Waals surface area contributed by atoms with Gasteiger partial charge >= 0.3 is 0 Å². The first kappa shape index (κ1) is 19.0. The Morgan fingerprint density at radius 2 is 1.52 bits per heavy atom. The van der Waals surface area contributed by atoms with Crippen LogP contribution in [0.25, 0.3) is 0 Å². The molecule has 0 unspecified atom stereocenters. The SMILES string of the molecule is CCN(CC)c1ccc(NC(=O)CCC(=O)c2ccc(Cl)cc2)cc1. The summed E-state index contributed by atoms with van der Waals surface area (Å²) in [5, 5.41) is 3.41. The van der Waals surface area contributed by atoms with Gasteiger partial charge in [0.2, 0.25) is 5.91 Å². The third kappa shape index (κ3) is 5.61. The fourth-order valence-electron chi connectivity index (χ4n) is 2.58. The van der Waals surface area contributed by atoms with Crippen molar-refractivity contribution in [1.82, 2.24) is 0 Å². The largest absolute Gasteiger partial charge is 0.372 e. The van der Waals surface area contributed by atoms with Crippen LogP contribution in [0.4, 0.5) is 11.4 Å². The molecule has 2 aromatic carbocycles. The highest BCUT2D eigenvalue weighted by Crippen LogP contribution is 2.18. The van der Waals surface area contributed by atoms with Gasteiger partial charge in [-0.1, -0.05) is 11.6 Å². The predicted molar refractivity (Wildman–Crippen MR) is 104 cm³/mol. The maximum Gasteiger partial charge on any atom is 0.224 e. The highest BCUT2D eigenvalue weighted by atomic mass is 35.5. The summed E-state index contributed by atoms with van der Waals surface area (Å²) in [6, 6.07) is 14.4. The number of carbonyl (C=O) groups is 2. The zero-order valence-corrected chi connectivity index (χ0v) is 15.3. The highest BCUT2D eigenvalue weighted by Gasteiger charge is 2.10. The van der Waals surface area contributed by atoms with E-state index in [1.807, 2.05) is 24.3 Å². The van der Waals surface area contributed by atoms with Gasteiger partial charge < -0.3 is 10.2 Å². The number of Topliss-reactive ketones (excluding diaryl/α,β-unsaturated/α-hetero) is 1. The van der Waals surface area contributed by atoms with E-state index in [0.29, 0.717) is 10.6 Å². The summed E-state index contributed by atoms with van der Waals surface area (Å²) in [5.41, 5.74) is 2.43. The van der Waals surface area contributed by atoms with Gasteiger partial charge in [-0.3, -0.25) is 9.59 Å². The first-order valence-corrected chi connectivity index (χ1v) is 8.85. The van der Waals surface area contributed by atoms with E-state index < -0.39 is 0 Å². The number of amides is 1. The van der Waals surface area contributed by atoms with E-state index in [-0.39, 0.29) is 24.5 Å². The Morgan fingerprint density at radius 3 is 2.08 bits per heavy atom. The Hall–Kier alpha value is -2.33. The number of anilines is 2. The molecule has 0 aliphatic rings. The van der Waals surface area contributed by atoms with Gasteiger partial charge in [0.15, 0.2) is 5.78 Å². The van der Waals surface area contributed by atoms with Crippen molar-refractivity contribution in [2.75, 3.05) is 23.3 Å². The second kappa shape index (κ2) is 9.23. The summed E-state index contributed by atoms with van der Waals surface area (Å²) < 4.78 is 0. The molecule has 0 fully saturated rings. The highest BCUT2D eigenvalue weighted by molar-refractivity contribution is 6.30. The van der Waals surface area contributed by atoms with E-state index in [1.165, 1.54) is 0 Å². The minimum Gasteiger partial charge on any atom is -0.372 e. The van der Waals surface area contributed by atoms with Crippen molar-refractivity contribution in [1.29, 1.82) is 0 Å². The maximum atomic E-state index is 12.1. The molecule has 0 saturated heterocycles. The summed E-state index contributed by atoms with van der Waals surface area (Å²) in [7, 11) is 0. The lowest BCUT2D eigenvalue weighted by Crippen LogP contribution is -2.21. The van der Waals surface area contributed by atoms with Crippen molar-refractivity contribution in [3.63, 3.8) is 0 Å². The second-order valence-electron chi connectivity index (χ2n) is 5.70. The average molecular weight is 359 g/mol. The summed E-state index contributed by atoms with van der Waals surface area (Å²) in [5.74, 6) is -0.235. The number of halogens is 1. The van der Waals surface area contributed by atoms with Crippen LogP contribution >= 0.6 is 11.6 Å². The molecule has 0 heterocycles. The fraction of sp³-hybridized carbons (Fsp3) is 0.300. The van der Waals surface area contributed by atoms with E-state index in [0.717, 1.165) is 24.5 Å². The van der Waals surface area contributed by atoms with Crippen LogP contribution < -0.4 is 10.2 Å². The van der Waals surface area contributed by atoms with Crippen LogP contribution in [0.1, 0.15) is 37.0 Å². The van der Waals surface area contributed by atoms with Gasteiger partial charge in [-0.2, -0.15) is 0 Å². The lowest BCUT2D eigenvalue weighted by Gasteiger charge is -2.21. The normalized spacial score (nSPS) is 10.4. The van der Waals surface area contributed by atoms with Gasteiger partial charge in [-0.25, -0.2) is 0 Å². The van der Waals surface area contributed by atoms with Crippen molar-refractivity contribution in [2.45, 2.75) is 26.7 Å². The van der Waals surface area contributed by atoms with Crippen LogP contribution in [0.3, 0.4) is 0 Å². The lowest BCUT2D eigenvalue weighted by molar-refractivity contribution is -0.116. The Morgan fingerprint density at radius 1 is 0.920 bits per heavy atom. The number of hydrogen-bond donors (Lipinski definition) is 1. The van der Waals surface area contributed by atoms with Gasteiger partial charge in [-0.05, 0) is 62.4 Å². The van der Waals surface area contributed by atoms with E-state index in [1.54, 1.807) is 24.3 Å². The fourth-order valence-corrected chi connectivity index (χ4v) is 2.70. The van der Waals surface area contributed by atoms with Crippen molar-refractivity contribution < 1.29 is 9.59 Å². The minimum absolute atomic E-state index is 0.0660.